The Hall–Kier alpha value is -2.20. The van der Waals surface area contributed by atoms with Gasteiger partial charge in [0.25, 0.3) is 0 Å². The average molecular weight is 360 g/mol. The van der Waals surface area contributed by atoms with Crippen molar-refractivity contribution in [2.75, 3.05) is 35.2 Å². The minimum atomic E-state index is -0.0851. The van der Waals surface area contributed by atoms with Gasteiger partial charge in [-0.15, -0.1) is 0 Å². The van der Waals surface area contributed by atoms with Crippen molar-refractivity contribution in [2.45, 2.75) is 27.7 Å². The van der Waals surface area contributed by atoms with E-state index in [4.69, 9.17) is 11.6 Å². The number of nitrogens with zero attached hydrogens (tertiary/aromatic N) is 1. The Morgan fingerprint density at radius 3 is 2.44 bits per heavy atom. The topological polar surface area (TPSA) is 44.4 Å². The molecule has 0 spiro atoms. The summed E-state index contributed by atoms with van der Waals surface area (Å²) in [4.78, 5) is 14.5. The predicted octanol–water partition coefficient (Wildman–Crippen LogP) is 4.85. The van der Waals surface area contributed by atoms with E-state index in [1.165, 1.54) is 5.69 Å². The first kappa shape index (κ1) is 19.1. The Balaban J connectivity index is 1.99. The number of hydrogen-bond donors (Lipinski definition) is 2. The van der Waals surface area contributed by atoms with Crippen LogP contribution in [0.4, 0.5) is 17.1 Å². The van der Waals surface area contributed by atoms with Crippen LogP contribution in [0.1, 0.15) is 25.0 Å². The number of anilines is 3. The first-order chi connectivity index (χ1) is 12.0. The fourth-order valence-electron chi connectivity index (χ4n) is 2.74. The van der Waals surface area contributed by atoms with Gasteiger partial charge in [0.15, 0.2) is 0 Å². The van der Waals surface area contributed by atoms with Gasteiger partial charge in [-0.2, -0.15) is 0 Å². The first-order valence-corrected chi connectivity index (χ1v) is 8.98. The van der Waals surface area contributed by atoms with Gasteiger partial charge in [0, 0.05) is 35.2 Å². The second-order valence-electron chi connectivity index (χ2n) is 5.99. The molecule has 0 bridgehead atoms. The van der Waals surface area contributed by atoms with Crippen LogP contribution in [0.2, 0.25) is 5.02 Å². The quantitative estimate of drug-likeness (QED) is 0.742. The van der Waals surface area contributed by atoms with E-state index in [1.807, 2.05) is 44.2 Å². The molecular formula is C20H26ClN3O. The maximum absolute atomic E-state index is 12.2. The predicted molar refractivity (Wildman–Crippen MR) is 108 cm³/mol. The van der Waals surface area contributed by atoms with E-state index in [9.17, 15) is 4.79 Å². The second kappa shape index (κ2) is 8.77. The van der Waals surface area contributed by atoms with Gasteiger partial charge in [-0.3, -0.25) is 4.79 Å². The van der Waals surface area contributed by atoms with Crippen LogP contribution in [0.5, 0.6) is 0 Å². The van der Waals surface area contributed by atoms with E-state index in [0.717, 1.165) is 35.6 Å². The van der Waals surface area contributed by atoms with Gasteiger partial charge < -0.3 is 15.5 Å². The van der Waals surface area contributed by atoms with Crippen LogP contribution in [0.25, 0.3) is 0 Å². The van der Waals surface area contributed by atoms with Crippen molar-refractivity contribution in [3.05, 3.63) is 52.5 Å². The lowest BCUT2D eigenvalue weighted by Crippen LogP contribution is -2.23. The lowest BCUT2D eigenvalue weighted by molar-refractivity contribution is -0.114. The summed E-state index contributed by atoms with van der Waals surface area (Å²) in [7, 11) is 0. The number of nitrogens with one attached hydrogen (secondary N) is 2. The Morgan fingerprint density at radius 2 is 1.80 bits per heavy atom. The molecule has 0 fully saturated rings. The van der Waals surface area contributed by atoms with Crippen LogP contribution in [-0.4, -0.2) is 25.5 Å². The van der Waals surface area contributed by atoms with Gasteiger partial charge in [-0.1, -0.05) is 17.7 Å². The number of benzene rings is 2. The van der Waals surface area contributed by atoms with Gasteiger partial charge >= 0.3 is 0 Å². The summed E-state index contributed by atoms with van der Waals surface area (Å²) in [5.41, 5.74) is 4.88. The highest BCUT2D eigenvalue weighted by molar-refractivity contribution is 6.31. The van der Waals surface area contributed by atoms with Gasteiger partial charge in [-0.05, 0) is 69.2 Å². The number of carbonyl (C=O) groups is 1. The van der Waals surface area contributed by atoms with Crippen LogP contribution in [0.3, 0.4) is 0 Å². The summed E-state index contributed by atoms with van der Waals surface area (Å²) in [6, 6.07) is 11.7. The summed E-state index contributed by atoms with van der Waals surface area (Å²) in [5, 5.41) is 6.79. The van der Waals surface area contributed by atoms with Crippen LogP contribution in [-0.2, 0) is 4.79 Å². The zero-order valence-corrected chi connectivity index (χ0v) is 16.1. The van der Waals surface area contributed by atoms with Crippen molar-refractivity contribution in [2.24, 2.45) is 0 Å². The van der Waals surface area contributed by atoms with Crippen molar-refractivity contribution in [3.63, 3.8) is 0 Å². The molecule has 0 aliphatic rings. The van der Waals surface area contributed by atoms with E-state index in [1.54, 1.807) is 0 Å². The fourth-order valence-corrected chi connectivity index (χ4v) is 2.92. The third kappa shape index (κ3) is 4.89. The maximum atomic E-state index is 12.2. The lowest BCUT2D eigenvalue weighted by atomic mass is 10.1. The lowest BCUT2D eigenvalue weighted by Gasteiger charge is -2.22. The molecule has 4 nitrogen and oxygen atoms in total. The number of hydrogen-bond acceptors (Lipinski definition) is 3. The summed E-state index contributed by atoms with van der Waals surface area (Å²) in [6.07, 6.45) is 0. The molecule has 2 rings (SSSR count). The molecule has 0 radical (unpaired) electrons. The van der Waals surface area contributed by atoms with Gasteiger partial charge in [0.05, 0.1) is 6.54 Å². The molecule has 2 aromatic carbocycles. The van der Waals surface area contributed by atoms with Crippen molar-refractivity contribution in [1.82, 2.24) is 0 Å². The highest BCUT2D eigenvalue weighted by Gasteiger charge is 2.09. The molecule has 2 aromatic rings. The number of aryl methyl sites for hydroxylation is 1. The molecule has 1 amide bonds. The van der Waals surface area contributed by atoms with E-state index in [0.29, 0.717) is 5.02 Å². The van der Waals surface area contributed by atoms with Crippen molar-refractivity contribution in [3.8, 4) is 0 Å². The summed E-state index contributed by atoms with van der Waals surface area (Å²) < 4.78 is 0. The largest absolute Gasteiger partial charge is 0.376 e. The molecule has 0 saturated heterocycles. The van der Waals surface area contributed by atoms with Gasteiger partial charge in [-0.25, -0.2) is 0 Å². The van der Waals surface area contributed by atoms with Crippen molar-refractivity contribution >= 4 is 34.6 Å². The summed E-state index contributed by atoms with van der Waals surface area (Å²) in [5.74, 6) is -0.0851. The number of halogens is 1. The molecule has 25 heavy (non-hydrogen) atoms. The first-order valence-electron chi connectivity index (χ1n) is 8.60. The molecule has 0 atom stereocenters. The standard InChI is InChI=1S/C20H26ClN3O/c1-5-24(6-2)16-10-11-18(14(3)12-16)23-20(25)13-22-19-9-7-8-17(21)15(19)4/h7-12,22H,5-6,13H2,1-4H3,(H,23,25). The molecule has 0 aromatic heterocycles. The molecule has 0 heterocycles. The van der Waals surface area contributed by atoms with E-state index < -0.39 is 0 Å². The Morgan fingerprint density at radius 1 is 1.08 bits per heavy atom. The number of rotatable bonds is 7. The summed E-state index contributed by atoms with van der Waals surface area (Å²) >= 11 is 6.10. The van der Waals surface area contributed by atoms with Crippen LogP contribution in [0, 0.1) is 13.8 Å². The third-order valence-corrected chi connectivity index (χ3v) is 4.73. The SMILES string of the molecule is CCN(CC)c1ccc(NC(=O)CNc2cccc(Cl)c2C)c(C)c1. The zero-order chi connectivity index (χ0) is 18.4. The smallest absolute Gasteiger partial charge is 0.243 e. The number of carbonyl (C=O) groups excluding carboxylic acids is 1. The zero-order valence-electron chi connectivity index (χ0n) is 15.3. The molecule has 2 N–H and O–H groups in total. The molecule has 5 heteroatoms. The average Bonchev–Trinajstić information content (AvgIpc) is 2.59. The van der Waals surface area contributed by atoms with Crippen molar-refractivity contribution in [1.29, 1.82) is 0 Å². The minimum absolute atomic E-state index is 0.0851. The Labute approximate surface area is 155 Å². The van der Waals surface area contributed by atoms with Gasteiger partial charge in [0.1, 0.15) is 0 Å². The number of amides is 1. The molecule has 0 aliphatic carbocycles. The third-order valence-electron chi connectivity index (χ3n) is 4.32. The van der Waals surface area contributed by atoms with Crippen LogP contribution < -0.4 is 15.5 Å². The van der Waals surface area contributed by atoms with E-state index >= 15 is 0 Å². The molecular weight excluding hydrogens is 334 g/mol. The van der Waals surface area contributed by atoms with E-state index in [-0.39, 0.29) is 12.5 Å². The maximum Gasteiger partial charge on any atom is 0.243 e. The molecule has 0 aliphatic heterocycles. The van der Waals surface area contributed by atoms with E-state index in [2.05, 4.69) is 35.4 Å². The highest BCUT2D eigenvalue weighted by Crippen LogP contribution is 2.24. The molecule has 0 saturated carbocycles. The van der Waals surface area contributed by atoms with Crippen molar-refractivity contribution < 1.29 is 4.79 Å². The van der Waals surface area contributed by atoms with Crippen LogP contribution in [0.15, 0.2) is 36.4 Å². The monoisotopic (exact) mass is 359 g/mol. The highest BCUT2D eigenvalue weighted by atomic mass is 35.5. The second-order valence-corrected chi connectivity index (χ2v) is 6.39. The van der Waals surface area contributed by atoms with Crippen LogP contribution >= 0.6 is 11.6 Å². The minimum Gasteiger partial charge on any atom is -0.376 e. The van der Waals surface area contributed by atoms with Gasteiger partial charge in [0.2, 0.25) is 5.91 Å². The normalized spacial score (nSPS) is 10.4. The Kier molecular flexibility index (Phi) is 6.71. The Bertz CT molecular complexity index is 742. The molecule has 0 unspecified atom stereocenters. The summed E-state index contributed by atoms with van der Waals surface area (Å²) in [6.45, 7) is 10.3. The molecule has 134 valence electrons. The fraction of sp³-hybridized carbons (Fsp3) is 0.350.